The molecule has 34 heavy (non-hydrogen) atoms. The highest BCUT2D eigenvalue weighted by Gasteiger charge is 2.10. The van der Waals surface area contributed by atoms with Gasteiger partial charge in [0.1, 0.15) is 11.5 Å². The zero-order valence-electron chi connectivity index (χ0n) is 19.4. The van der Waals surface area contributed by atoms with Crippen molar-refractivity contribution >= 4 is 33.1 Å². The zero-order valence-corrected chi connectivity index (χ0v) is 20.2. The quantitative estimate of drug-likeness (QED) is 0.323. The summed E-state index contributed by atoms with van der Waals surface area (Å²) in [7, 11) is 0. The van der Waals surface area contributed by atoms with Crippen molar-refractivity contribution in [2.75, 3.05) is 25.0 Å². The molecule has 2 aromatic carbocycles. The van der Waals surface area contributed by atoms with Gasteiger partial charge in [-0.2, -0.15) is 0 Å². The van der Waals surface area contributed by atoms with Crippen LogP contribution in [-0.4, -0.2) is 35.4 Å². The summed E-state index contributed by atoms with van der Waals surface area (Å²) in [5.74, 6) is 7.89. The monoisotopic (exact) mass is 469 g/mol. The molecule has 172 valence electrons. The number of hydrogen-bond acceptors (Lipinski definition) is 5. The van der Waals surface area contributed by atoms with E-state index >= 15 is 0 Å². The van der Waals surface area contributed by atoms with E-state index in [0.29, 0.717) is 12.2 Å². The van der Waals surface area contributed by atoms with E-state index in [9.17, 15) is 4.79 Å². The Hall–Kier alpha value is -3.66. The molecule has 0 saturated carbocycles. The standard InChI is InChI=1S/C28H27N3O2S/c1-3-31(4-2)18-8-11-24-20-25-28(34-24)26(16-17-29-25)33-23-14-12-22(13-15-23)30-27(32)19-21-9-6-5-7-10-21/h5-7,9-10,12-17,20H,3-4,18-19H2,1-2H3,(H,30,32). The number of rotatable bonds is 8. The lowest BCUT2D eigenvalue weighted by molar-refractivity contribution is -0.115. The molecule has 6 heteroatoms. The second-order valence-electron chi connectivity index (χ2n) is 7.73. The molecule has 0 saturated heterocycles. The summed E-state index contributed by atoms with van der Waals surface area (Å²) < 4.78 is 7.11. The number of amides is 1. The molecular formula is C28H27N3O2S. The highest BCUT2D eigenvalue weighted by Crippen LogP contribution is 2.34. The van der Waals surface area contributed by atoms with Crippen LogP contribution in [0.4, 0.5) is 5.69 Å². The van der Waals surface area contributed by atoms with Gasteiger partial charge in [0.05, 0.1) is 28.1 Å². The summed E-state index contributed by atoms with van der Waals surface area (Å²) in [5, 5.41) is 2.93. The van der Waals surface area contributed by atoms with E-state index in [-0.39, 0.29) is 5.91 Å². The van der Waals surface area contributed by atoms with Gasteiger partial charge in [0, 0.05) is 18.0 Å². The molecule has 1 amide bonds. The molecule has 0 fully saturated rings. The highest BCUT2D eigenvalue weighted by molar-refractivity contribution is 7.19. The third-order valence-electron chi connectivity index (χ3n) is 5.36. The Balaban J connectivity index is 1.41. The number of benzene rings is 2. The van der Waals surface area contributed by atoms with E-state index in [1.54, 1.807) is 17.5 Å². The SMILES string of the molecule is CCN(CC)CC#Cc1cc2nccc(Oc3ccc(NC(=O)Cc4ccccc4)cc3)c2s1. The predicted molar refractivity (Wildman–Crippen MR) is 140 cm³/mol. The van der Waals surface area contributed by atoms with E-state index in [1.807, 2.05) is 66.7 Å². The summed E-state index contributed by atoms with van der Waals surface area (Å²) in [6, 6.07) is 20.9. The van der Waals surface area contributed by atoms with Crippen LogP contribution in [-0.2, 0) is 11.2 Å². The highest BCUT2D eigenvalue weighted by atomic mass is 32.1. The van der Waals surface area contributed by atoms with E-state index in [0.717, 1.165) is 51.7 Å². The maximum Gasteiger partial charge on any atom is 0.228 e. The van der Waals surface area contributed by atoms with Crippen molar-refractivity contribution in [2.45, 2.75) is 20.3 Å². The average Bonchev–Trinajstić information content (AvgIpc) is 3.28. The lowest BCUT2D eigenvalue weighted by Crippen LogP contribution is -2.22. The largest absolute Gasteiger partial charge is 0.456 e. The summed E-state index contributed by atoms with van der Waals surface area (Å²) >= 11 is 1.59. The summed E-state index contributed by atoms with van der Waals surface area (Å²) in [6.45, 7) is 7.03. The zero-order chi connectivity index (χ0) is 23.8. The minimum atomic E-state index is -0.0519. The molecule has 2 aromatic heterocycles. The van der Waals surface area contributed by atoms with Gasteiger partial charge in [-0.15, -0.1) is 11.3 Å². The first-order valence-corrected chi connectivity index (χ1v) is 12.2. The normalized spacial score (nSPS) is 10.7. The smallest absolute Gasteiger partial charge is 0.228 e. The van der Waals surface area contributed by atoms with Crippen LogP contribution in [0.1, 0.15) is 24.3 Å². The van der Waals surface area contributed by atoms with Crippen LogP contribution in [0, 0.1) is 11.8 Å². The van der Waals surface area contributed by atoms with Crippen molar-refractivity contribution in [3.8, 4) is 23.3 Å². The molecule has 0 spiro atoms. The molecule has 0 aliphatic heterocycles. The van der Waals surface area contributed by atoms with E-state index < -0.39 is 0 Å². The first-order chi connectivity index (χ1) is 16.6. The number of carbonyl (C=O) groups excluding carboxylic acids is 1. The van der Waals surface area contributed by atoms with Crippen molar-refractivity contribution in [3.05, 3.63) is 83.4 Å². The molecule has 0 bridgehead atoms. The minimum Gasteiger partial charge on any atom is -0.456 e. The Bertz CT molecular complexity index is 1300. The third kappa shape index (κ3) is 6.22. The predicted octanol–water partition coefficient (Wildman–Crippen LogP) is 5.96. The molecular weight excluding hydrogens is 442 g/mol. The van der Waals surface area contributed by atoms with Crippen LogP contribution in [0.2, 0.25) is 0 Å². The van der Waals surface area contributed by atoms with Gasteiger partial charge in [0.15, 0.2) is 0 Å². The van der Waals surface area contributed by atoms with Crippen LogP contribution in [0.25, 0.3) is 10.2 Å². The fourth-order valence-electron chi connectivity index (χ4n) is 3.46. The van der Waals surface area contributed by atoms with Gasteiger partial charge in [0.2, 0.25) is 5.91 Å². The van der Waals surface area contributed by atoms with Crippen LogP contribution >= 0.6 is 11.3 Å². The fraction of sp³-hybridized carbons (Fsp3) is 0.214. The second-order valence-corrected chi connectivity index (χ2v) is 8.79. The number of fused-ring (bicyclic) bond motifs is 1. The first kappa shape index (κ1) is 23.5. The number of nitrogens with zero attached hydrogens (tertiary/aromatic N) is 2. The number of nitrogens with one attached hydrogen (secondary N) is 1. The molecule has 5 nitrogen and oxygen atoms in total. The Morgan fingerprint density at radius 1 is 1.06 bits per heavy atom. The molecule has 2 heterocycles. The first-order valence-electron chi connectivity index (χ1n) is 11.4. The van der Waals surface area contributed by atoms with Crippen LogP contribution in [0.3, 0.4) is 0 Å². The van der Waals surface area contributed by atoms with E-state index in [4.69, 9.17) is 4.74 Å². The van der Waals surface area contributed by atoms with Gasteiger partial charge >= 0.3 is 0 Å². The van der Waals surface area contributed by atoms with Gasteiger partial charge in [-0.25, -0.2) is 0 Å². The Kier molecular flexibility index (Phi) is 7.92. The fourth-order valence-corrected chi connectivity index (χ4v) is 4.40. The number of anilines is 1. The lowest BCUT2D eigenvalue weighted by atomic mass is 10.1. The van der Waals surface area contributed by atoms with Crippen LogP contribution in [0.15, 0.2) is 72.9 Å². The average molecular weight is 470 g/mol. The summed E-state index contributed by atoms with van der Waals surface area (Å²) in [6.07, 6.45) is 2.09. The van der Waals surface area contributed by atoms with E-state index in [2.05, 4.69) is 40.9 Å². The Morgan fingerprint density at radius 2 is 1.82 bits per heavy atom. The van der Waals surface area contributed by atoms with Crippen molar-refractivity contribution in [2.24, 2.45) is 0 Å². The van der Waals surface area contributed by atoms with Gasteiger partial charge in [-0.05, 0) is 49.0 Å². The van der Waals surface area contributed by atoms with Gasteiger partial charge in [-0.3, -0.25) is 14.7 Å². The summed E-state index contributed by atoms with van der Waals surface area (Å²) in [4.78, 5) is 20.0. The Morgan fingerprint density at radius 3 is 2.56 bits per heavy atom. The maximum atomic E-state index is 12.3. The van der Waals surface area contributed by atoms with Crippen LogP contribution < -0.4 is 10.1 Å². The molecule has 0 aliphatic carbocycles. The number of hydrogen-bond donors (Lipinski definition) is 1. The van der Waals surface area contributed by atoms with Crippen molar-refractivity contribution in [1.82, 2.24) is 9.88 Å². The number of pyridine rings is 1. The Labute approximate surface area is 204 Å². The molecule has 0 atom stereocenters. The second kappa shape index (κ2) is 11.5. The van der Waals surface area contributed by atoms with Crippen molar-refractivity contribution < 1.29 is 9.53 Å². The number of carbonyl (C=O) groups is 1. The molecule has 0 aliphatic rings. The molecule has 0 unspecified atom stereocenters. The molecule has 4 aromatic rings. The number of ether oxygens (including phenoxy) is 1. The minimum absolute atomic E-state index is 0.0519. The summed E-state index contributed by atoms with van der Waals surface area (Å²) in [5.41, 5.74) is 2.59. The van der Waals surface area contributed by atoms with Gasteiger partial charge in [-0.1, -0.05) is 56.0 Å². The lowest BCUT2D eigenvalue weighted by Gasteiger charge is -2.12. The maximum absolute atomic E-state index is 12.3. The number of aromatic nitrogens is 1. The van der Waals surface area contributed by atoms with Gasteiger partial charge < -0.3 is 10.1 Å². The van der Waals surface area contributed by atoms with E-state index in [1.165, 1.54) is 0 Å². The van der Waals surface area contributed by atoms with Crippen LogP contribution in [0.5, 0.6) is 11.5 Å². The number of thiophene rings is 1. The van der Waals surface area contributed by atoms with Crippen molar-refractivity contribution in [1.29, 1.82) is 0 Å². The molecule has 0 radical (unpaired) electrons. The molecule has 4 rings (SSSR count). The third-order valence-corrected chi connectivity index (χ3v) is 6.41. The van der Waals surface area contributed by atoms with Gasteiger partial charge in [0.25, 0.3) is 0 Å². The van der Waals surface area contributed by atoms with Crippen molar-refractivity contribution in [3.63, 3.8) is 0 Å². The topological polar surface area (TPSA) is 54.5 Å². The molecule has 1 N–H and O–H groups in total.